The van der Waals surface area contributed by atoms with Crippen LogP contribution in [0, 0.1) is 0 Å². The number of hydrogen-bond acceptors (Lipinski definition) is 4. The summed E-state index contributed by atoms with van der Waals surface area (Å²) in [4.78, 5) is 17.2. The van der Waals surface area contributed by atoms with Crippen LogP contribution in [0.1, 0.15) is 6.42 Å². The van der Waals surface area contributed by atoms with Gasteiger partial charge in [0.25, 0.3) is 0 Å². The minimum Gasteiger partial charge on any atom is -0.396 e. The Kier molecular flexibility index (Phi) is 3.18. The fourth-order valence-electron chi connectivity index (χ4n) is 1.63. The number of β-amino-alcohol motifs (C(OH)–C–C–N with tert-alkyl or cyclic N) is 1. The highest BCUT2D eigenvalue weighted by Crippen LogP contribution is 2.37. The smallest absolute Gasteiger partial charge is 0.229 e. The zero-order valence-electron chi connectivity index (χ0n) is 8.15. The van der Waals surface area contributed by atoms with E-state index in [2.05, 4.69) is 36.8 Å². The fourth-order valence-corrected chi connectivity index (χ4v) is 2.45. The maximum Gasteiger partial charge on any atom is 0.229 e. The van der Waals surface area contributed by atoms with Crippen molar-refractivity contribution in [1.82, 2.24) is 4.98 Å². The van der Waals surface area contributed by atoms with Gasteiger partial charge in [0.05, 0.1) is 29.2 Å². The first kappa shape index (κ1) is 11.8. The van der Waals surface area contributed by atoms with Crippen LogP contribution in [-0.4, -0.2) is 28.6 Å². The van der Waals surface area contributed by atoms with Crippen LogP contribution in [0.3, 0.4) is 0 Å². The Morgan fingerprint density at radius 3 is 2.81 bits per heavy atom. The zero-order chi connectivity index (χ0) is 11.9. The highest BCUT2D eigenvalue weighted by atomic mass is 79.9. The molecule has 7 heteroatoms. The second kappa shape index (κ2) is 4.31. The summed E-state index contributed by atoms with van der Waals surface area (Å²) in [6, 6.07) is 0. The molecular weight excluding hydrogens is 342 g/mol. The first-order chi connectivity index (χ1) is 7.50. The number of aliphatic hydroxyl groups excluding tert-OH is 1. The summed E-state index contributed by atoms with van der Waals surface area (Å²) in [5.41, 5.74) is 6.82. The van der Waals surface area contributed by atoms with Crippen molar-refractivity contribution in [1.29, 1.82) is 0 Å². The Labute approximate surface area is 109 Å². The molecule has 1 aliphatic heterocycles. The molecule has 0 radical (unpaired) electrons. The summed E-state index contributed by atoms with van der Waals surface area (Å²) in [5.74, 6) is -0.153. The molecule has 2 heterocycles. The lowest BCUT2D eigenvalue weighted by atomic mass is 10.3. The Morgan fingerprint density at radius 2 is 2.25 bits per heavy atom. The molecule has 1 fully saturated rings. The van der Waals surface area contributed by atoms with Crippen LogP contribution in [0.4, 0.5) is 11.4 Å². The van der Waals surface area contributed by atoms with Crippen molar-refractivity contribution in [3.05, 3.63) is 15.3 Å². The molecule has 0 aromatic carbocycles. The molecule has 86 valence electrons. The van der Waals surface area contributed by atoms with Crippen molar-refractivity contribution in [3.8, 4) is 0 Å². The minimum atomic E-state index is -0.641. The molecule has 1 amide bonds. The molecule has 2 rings (SSSR count). The van der Waals surface area contributed by atoms with Crippen molar-refractivity contribution < 1.29 is 9.90 Å². The van der Waals surface area contributed by atoms with E-state index in [-0.39, 0.29) is 18.9 Å². The number of aromatic nitrogens is 1. The van der Waals surface area contributed by atoms with Gasteiger partial charge in [-0.05, 0) is 31.9 Å². The highest BCUT2D eigenvalue weighted by molar-refractivity contribution is 9.11. The first-order valence-corrected chi connectivity index (χ1v) is 6.17. The summed E-state index contributed by atoms with van der Waals surface area (Å²) < 4.78 is 1.12. The van der Waals surface area contributed by atoms with Gasteiger partial charge < -0.3 is 15.7 Å². The number of pyridine rings is 1. The molecule has 1 aromatic heterocycles. The second-order valence-corrected chi connectivity index (χ2v) is 5.13. The summed E-state index contributed by atoms with van der Waals surface area (Å²) in [6.45, 7) is 0.250. The third-order valence-electron chi connectivity index (χ3n) is 2.37. The standard InChI is InChI=1S/C9H9Br2N3O2/c10-5-2-13-9(11)8(7(5)12)14-3-4(15)1-6(14)16/h2,4,15H,1,3H2,(H2,12,13). The van der Waals surface area contributed by atoms with E-state index in [0.717, 1.165) is 0 Å². The lowest BCUT2D eigenvalue weighted by Gasteiger charge is -2.19. The van der Waals surface area contributed by atoms with E-state index in [1.54, 1.807) is 6.20 Å². The molecule has 1 aromatic rings. The van der Waals surface area contributed by atoms with E-state index in [4.69, 9.17) is 5.73 Å². The maximum atomic E-state index is 11.6. The normalized spacial score (nSPS) is 20.6. The van der Waals surface area contributed by atoms with Gasteiger partial charge in [-0.25, -0.2) is 4.98 Å². The van der Waals surface area contributed by atoms with Gasteiger partial charge >= 0.3 is 0 Å². The number of nitrogen functional groups attached to an aromatic ring is 1. The van der Waals surface area contributed by atoms with Crippen LogP contribution < -0.4 is 10.6 Å². The first-order valence-electron chi connectivity index (χ1n) is 4.58. The summed E-state index contributed by atoms with van der Waals surface area (Å²) >= 11 is 6.50. The second-order valence-electron chi connectivity index (χ2n) is 3.52. The molecule has 0 bridgehead atoms. The number of nitrogens with two attached hydrogens (primary N) is 1. The topological polar surface area (TPSA) is 79.4 Å². The van der Waals surface area contributed by atoms with E-state index >= 15 is 0 Å². The zero-order valence-corrected chi connectivity index (χ0v) is 11.3. The van der Waals surface area contributed by atoms with Crippen LogP contribution in [0.2, 0.25) is 0 Å². The van der Waals surface area contributed by atoms with Gasteiger partial charge in [-0.3, -0.25) is 4.79 Å². The monoisotopic (exact) mass is 349 g/mol. The van der Waals surface area contributed by atoms with Gasteiger partial charge in [-0.1, -0.05) is 0 Å². The van der Waals surface area contributed by atoms with Crippen molar-refractivity contribution in [3.63, 3.8) is 0 Å². The quantitative estimate of drug-likeness (QED) is 0.748. The average Bonchev–Trinajstić information content (AvgIpc) is 2.53. The van der Waals surface area contributed by atoms with E-state index in [9.17, 15) is 9.90 Å². The van der Waals surface area contributed by atoms with Crippen molar-refractivity contribution in [2.24, 2.45) is 0 Å². The fraction of sp³-hybridized carbons (Fsp3) is 0.333. The number of carbonyl (C=O) groups excluding carboxylic acids is 1. The van der Waals surface area contributed by atoms with Gasteiger partial charge in [0, 0.05) is 6.20 Å². The van der Waals surface area contributed by atoms with E-state index in [0.29, 0.717) is 20.5 Å². The Hall–Kier alpha value is -0.660. The Morgan fingerprint density at radius 1 is 1.56 bits per heavy atom. The molecule has 1 unspecified atom stereocenters. The predicted molar refractivity (Wildman–Crippen MR) is 67.0 cm³/mol. The third kappa shape index (κ3) is 1.94. The average molecular weight is 351 g/mol. The van der Waals surface area contributed by atoms with Crippen molar-refractivity contribution in [2.75, 3.05) is 17.2 Å². The third-order valence-corrected chi connectivity index (χ3v) is 3.59. The minimum absolute atomic E-state index is 0.123. The summed E-state index contributed by atoms with van der Waals surface area (Å²) in [5, 5.41) is 9.43. The van der Waals surface area contributed by atoms with Crippen LogP contribution in [0.5, 0.6) is 0 Å². The van der Waals surface area contributed by atoms with E-state index in [1.807, 2.05) is 0 Å². The number of amides is 1. The predicted octanol–water partition coefficient (Wildman–Crippen LogP) is 1.29. The van der Waals surface area contributed by atoms with Gasteiger partial charge in [-0.15, -0.1) is 0 Å². The van der Waals surface area contributed by atoms with Crippen LogP contribution >= 0.6 is 31.9 Å². The molecule has 0 aliphatic carbocycles. The summed E-state index contributed by atoms with van der Waals surface area (Å²) in [6.07, 6.45) is 1.04. The maximum absolute atomic E-state index is 11.6. The Bertz CT molecular complexity index is 453. The molecule has 1 atom stereocenters. The van der Waals surface area contributed by atoms with Crippen LogP contribution in [-0.2, 0) is 4.79 Å². The largest absolute Gasteiger partial charge is 0.396 e. The van der Waals surface area contributed by atoms with Gasteiger partial charge in [-0.2, -0.15) is 0 Å². The molecular formula is C9H9Br2N3O2. The van der Waals surface area contributed by atoms with Gasteiger partial charge in [0.15, 0.2) is 0 Å². The number of nitrogens with zero attached hydrogens (tertiary/aromatic N) is 2. The number of halogens is 2. The van der Waals surface area contributed by atoms with Crippen LogP contribution in [0.25, 0.3) is 0 Å². The number of rotatable bonds is 1. The highest BCUT2D eigenvalue weighted by Gasteiger charge is 2.32. The molecule has 16 heavy (non-hydrogen) atoms. The van der Waals surface area contributed by atoms with Crippen molar-refractivity contribution in [2.45, 2.75) is 12.5 Å². The Balaban J connectivity index is 2.48. The van der Waals surface area contributed by atoms with E-state index in [1.165, 1.54) is 4.90 Å². The van der Waals surface area contributed by atoms with E-state index < -0.39 is 6.10 Å². The van der Waals surface area contributed by atoms with Crippen molar-refractivity contribution >= 4 is 49.1 Å². The number of carbonyl (C=O) groups is 1. The van der Waals surface area contributed by atoms with Crippen LogP contribution in [0.15, 0.2) is 15.3 Å². The molecule has 1 aliphatic rings. The molecule has 0 saturated carbocycles. The lowest BCUT2D eigenvalue weighted by molar-refractivity contribution is -0.117. The van der Waals surface area contributed by atoms with Gasteiger partial charge in [0.1, 0.15) is 10.3 Å². The molecule has 1 saturated heterocycles. The number of hydrogen-bond donors (Lipinski definition) is 2. The molecule has 3 N–H and O–H groups in total. The van der Waals surface area contributed by atoms with Gasteiger partial charge in [0.2, 0.25) is 5.91 Å². The molecule has 5 nitrogen and oxygen atoms in total. The lowest BCUT2D eigenvalue weighted by Crippen LogP contribution is -2.27. The summed E-state index contributed by atoms with van der Waals surface area (Å²) in [7, 11) is 0. The number of anilines is 2. The SMILES string of the molecule is Nc1c(Br)cnc(Br)c1N1CC(O)CC1=O. The number of aliphatic hydroxyl groups is 1. The molecule has 0 spiro atoms.